The molecule has 1 amide bonds. The largest absolute Gasteiger partial charge is 0.496 e. The molecule has 0 aliphatic carbocycles. The Morgan fingerprint density at radius 2 is 1.82 bits per heavy atom. The zero-order valence-electron chi connectivity index (χ0n) is 22.4. The Morgan fingerprint density at radius 1 is 1.05 bits per heavy atom. The van der Waals surface area contributed by atoms with Gasteiger partial charge in [0.1, 0.15) is 11.6 Å². The number of nitrogens with zero attached hydrogens (tertiary/aromatic N) is 4. The maximum absolute atomic E-state index is 14.3. The molecular formula is C30H29Cl2N5O2. The number of anilines is 3. The zero-order chi connectivity index (χ0) is 27.6. The van der Waals surface area contributed by atoms with Gasteiger partial charge in [0.15, 0.2) is 5.54 Å². The first-order valence-electron chi connectivity index (χ1n) is 12.8. The van der Waals surface area contributed by atoms with Crippen molar-refractivity contribution in [2.75, 3.05) is 36.3 Å². The number of ether oxygens (including phenoxy) is 1. The van der Waals surface area contributed by atoms with Gasteiger partial charge in [0.25, 0.3) is 5.91 Å². The smallest absolute Gasteiger partial charge is 0.261 e. The molecule has 6 rings (SSSR count). The first kappa shape index (κ1) is 25.6. The topological polar surface area (TPSA) is 62.6 Å². The third-order valence-electron chi connectivity index (χ3n) is 7.57. The molecule has 39 heavy (non-hydrogen) atoms. The van der Waals surface area contributed by atoms with Crippen molar-refractivity contribution in [3.05, 3.63) is 87.7 Å². The summed E-state index contributed by atoms with van der Waals surface area (Å²) < 4.78 is 8.02. The van der Waals surface area contributed by atoms with Crippen LogP contribution in [0.3, 0.4) is 0 Å². The number of carbonyl (C=O) groups excluding carboxylic acids is 1. The minimum Gasteiger partial charge on any atom is -0.496 e. The highest BCUT2D eigenvalue weighted by atomic mass is 35.5. The predicted octanol–water partition coefficient (Wildman–Crippen LogP) is 6.73. The van der Waals surface area contributed by atoms with E-state index in [2.05, 4.69) is 34.7 Å². The minimum atomic E-state index is -1.16. The normalized spacial score (nSPS) is 17.5. The van der Waals surface area contributed by atoms with Gasteiger partial charge in [-0.1, -0.05) is 35.3 Å². The van der Waals surface area contributed by atoms with Crippen molar-refractivity contribution in [2.24, 2.45) is 0 Å². The Labute approximate surface area is 237 Å². The van der Waals surface area contributed by atoms with Crippen molar-refractivity contribution in [2.45, 2.75) is 32.0 Å². The maximum Gasteiger partial charge on any atom is 0.261 e. The second-order valence-electron chi connectivity index (χ2n) is 10.4. The van der Waals surface area contributed by atoms with Gasteiger partial charge in [-0.3, -0.25) is 4.79 Å². The predicted molar refractivity (Wildman–Crippen MR) is 157 cm³/mol. The monoisotopic (exact) mass is 561 g/mol. The summed E-state index contributed by atoms with van der Waals surface area (Å²) in [5.41, 5.74) is 4.76. The second-order valence-corrected chi connectivity index (χ2v) is 11.3. The van der Waals surface area contributed by atoms with Gasteiger partial charge in [-0.05, 0) is 56.3 Å². The van der Waals surface area contributed by atoms with Crippen LogP contribution < -0.4 is 19.9 Å². The van der Waals surface area contributed by atoms with Gasteiger partial charge < -0.3 is 24.4 Å². The molecule has 1 unspecified atom stereocenters. The van der Waals surface area contributed by atoms with Crippen molar-refractivity contribution in [3.63, 3.8) is 0 Å². The molecule has 0 saturated carbocycles. The molecule has 1 spiro atoms. The van der Waals surface area contributed by atoms with E-state index < -0.39 is 5.54 Å². The fourth-order valence-electron chi connectivity index (χ4n) is 5.91. The number of hydrogen-bond donors (Lipinski definition) is 1. The number of methoxy groups -OCH3 is 1. The first-order valence-corrected chi connectivity index (χ1v) is 13.5. The molecule has 3 heterocycles. The van der Waals surface area contributed by atoms with Crippen LogP contribution in [0.2, 0.25) is 10.0 Å². The highest BCUT2D eigenvalue weighted by Gasteiger charge is 2.60. The standard InChI is InChI=1S/C30H29Cl2N5O2/c1-17(2)37-27-25(33-28(37)22-11-10-20(35(3)4)15-26(22)39-5)16-36(21-8-6-7-18(31)13-21)30(27)23-12-9-19(32)14-24(23)34-29(30)38/h6-15,17H,16H2,1-5H3,(H,34,38). The Kier molecular flexibility index (Phi) is 6.04. The SMILES string of the molecule is COc1cc(N(C)C)ccc1-c1nc2c(n1C(C)C)C1(C(=O)Nc3cc(Cl)ccc31)N(c1cccc(Cl)c1)C2. The van der Waals surface area contributed by atoms with E-state index in [-0.39, 0.29) is 11.9 Å². The summed E-state index contributed by atoms with van der Waals surface area (Å²) in [7, 11) is 5.66. The lowest BCUT2D eigenvalue weighted by atomic mass is 9.87. The summed E-state index contributed by atoms with van der Waals surface area (Å²) in [6.07, 6.45) is 0. The molecule has 2 aliphatic rings. The molecule has 0 radical (unpaired) electrons. The molecule has 0 bridgehead atoms. The molecule has 0 fully saturated rings. The van der Waals surface area contributed by atoms with Gasteiger partial charge in [-0.25, -0.2) is 4.98 Å². The Hall–Kier alpha value is -3.68. The molecule has 200 valence electrons. The van der Waals surface area contributed by atoms with E-state index in [9.17, 15) is 4.79 Å². The maximum atomic E-state index is 14.3. The number of amides is 1. The van der Waals surface area contributed by atoms with Crippen LogP contribution in [0, 0.1) is 0 Å². The molecule has 0 saturated heterocycles. The van der Waals surface area contributed by atoms with E-state index in [0.29, 0.717) is 22.3 Å². The number of carbonyl (C=O) groups is 1. The molecule has 1 aromatic heterocycles. The number of rotatable bonds is 5. The van der Waals surface area contributed by atoms with E-state index in [1.165, 1.54) is 0 Å². The summed E-state index contributed by atoms with van der Waals surface area (Å²) in [5.74, 6) is 1.33. The molecule has 2 aliphatic heterocycles. The average Bonchev–Trinajstić information content (AvgIpc) is 3.52. The number of imidazole rings is 1. The van der Waals surface area contributed by atoms with Gasteiger partial charge in [-0.2, -0.15) is 0 Å². The zero-order valence-corrected chi connectivity index (χ0v) is 23.9. The van der Waals surface area contributed by atoms with Gasteiger partial charge in [0, 0.05) is 58.9 Å². The Balaban J connectivity index is 1.66. The van der Waals surface area contributed by atoms with Gasteiger partial charge in [0.2, 0.25) is 0 Å². The molecule has 9 heteroatoms. The van der Waals surface area contributed by atoms with Crippen molar-refractivity contribution in [3.8, 4) is 17.1 Å². The molecule has 7 nitrogen and oxygen atoms in total. The Morgan fingerprint density at radius 3 is 2.51 bits per heavy atom. The summed E-state index contributed by atoms with van der Waals surface area (Å²) in [6, 6.07) is 19.3. The molecular weight excluding hydrogens is 533 g/mol. The quantitative estimate of drug-likeness (QED) is 0.292. The number of aromatic nitrogens is 2. The van der Waals surface area contributed by atoms with Crippen LogP contribution in [-0.2, 0) is 16.9 Å². The lowest BCUT2D eigenvalue weighted by Crippen LogP contribution is -2.49. The molecule has 1 N–H and O–H groups in total. The number of halogens is 2. The van der Waals surface area contributed by atoms with Crippen molar-refractivity contribution in [1.29, 1.82) is 0 Å². The number of fused-ring (bicyclic) bond motifs is 4. The van der Waals surface area contributed by atoms with Crippen LogP contribution in [0.4, 0.5) is 17.1 Å². The second kappa shape index (κ2) is 9.21. The summed E-state index contributed by atoms with van der Waals surface area (Å²) in [6.45, 7) is 4.64. The van der Waals surface area contributed by atoms with Gasteiger partial charge in [-0.15, -0.1) is 0 Å². The van der Waals surface area contributed by atoms with Gasteiger partial charge in [0.05, 0.1) is 30.6 Å². The highest BCUT2D eigenvalue weighted by molar-refractivity contribution is 6.31. The van der Waals surface area contributed by atoms with Crippen LogP contribution >= 0.6 is 23.2 Å². The molecule has 1 atom stereocenters. The third kappa shape index (κ3) is 3.71. The summed E-state index contributed by atoms with van der Waals surface area (Å²) in [4.78, 5) is 23.6. The van der Waals surface area contributed by atoms with E-state index in [4.69, 9.17) is 32.9 Å². The fraction of sp³-hybridized carbons (Fsp3) is 0.267. The lowest BCUT2D eigenvalue weighted by Gasteiger charge is -2.37. The van der Waals surface area contributed by atoms with Crippen LogP contribution in [-0.4, -0.2) is 36.7 Å². The van der Waals surface area contributed by atoms with Crippen LogP contribution in [0.1, 0.15) is 36.8 Å². The van der Waals surface area contributed by atoms with Gasteiger partial charge >= 0.3 is 0 Å². The third-order valence-corrected chi connectivity index (χ3v) is 8.04. The van der Waals surface area contributed by atoms with E-state index in [1.807, 2.05) is 67.5 Å². The number of benzene rings is 3. The number of hydrogen-bond acceptors (Lipinski definition) is 5. The van der Waals surface area contributed by atoms with E-state index in [0.717, 1.165) is 45.5 Å². The van der Waals surface area contributed by atoms with E-state index in [1.54, 1.807) is 13.2 Å². The molecule has 3 aromatic carbocycles. The molecule has 4 aromatic rings. The van der Waals surface area contributed by atoms with Crippen LogP contribution in [0.5, 0.6) is 5.75 Å². The van der Waals surface area contributed by atoms with Crippen molar-refractivity contribution in [1.82, 2.24) is 9.55 Å². The Bertz CT molecular complexity index is 1630. The van der Waals surface area contributed by atoms with Crippen LogP contribution in [0.15, 0.2) is 60.7 Å². The van der Waals surface area contributed by atoms with Crippen LogP contribution in [0.25, 0.3) is 11.4 Å². The highest BCUT2D eigenvalue weighted by Crippen LogP contribution is 2.54. The fourth-order valence-corrected chi connectivity index (χ4v) is 6.26. The summed E-state index contributed by atoms with van der Waals surface area (Å²) >= 11 is 12.8. The minimum absolute atomic E-state index is 0.00480. The average molecular weight is 563 g/mol. The summed E-state index contributed by atoms with van der Waals surface area (Å²) in [5, 5.41) is 4.27. The number of nitrogens with one attached hydrogen (secondary N) is 1. The lowest BCUT2D eigenvalue weighted by molar-refractivity contribution is -0.119. The first-order chi connectivity index (χ1) is 18.7. The van der Waals surface area contributed by atoms with Crippen molar-refractivity contribution >= 4 is 46.2 Å². The van der Waals surface area contributed by atoms with Crippen molar-refractivity contribution < 1.29 is 9.53 Å². The van der Waals surface area contributed by atoms with E-state index >= 15 is 0 Å².